The minimum Gasteiger partial charge on any atom is -0.399 e. The first-order valence-corrected chi connectivity index (χ1v) is 8.86. The van der Waals surface area contributed by atoms with Gasteiger partial charge in [-0.3, -0.25) is 10.7 Å². The maximum absolute atomic E-state index is 8.93. The monoisotopic (exact) mass is 344 g/mol. The van der Waals surface area contributed by atoms with Gasteiger partial charge in [0.25, 0.3) is 0 Å². The van der Waals surface area contributed by atoms with Crippen LogP contribution in [0.1, 0.15) is 0 Å². The highest BCUT2D eigenvalue weighted by atomic mass is 33.1. The fraction of sp³-hybridized carbons (Fsp3) is 0. The van der Waals surface area contributed by atoms with Crippen LogP contribution < -0.4 is 11.2 Å². The molecule has 0 unspecified atom stereocenters. The maximum Gasteiger partial charge on any atom is 0.177 e. The molecular weight excluding hydrogens is 332 g/mol. The summed E-state index contributed by atoms with van der Waals surface area (Å²) in [6.07, 6.45) is 0. The van der Waals surface area contributed by atoms with Crippen LogP contribution in [0.25, 0.3) is 22.1 Å². The summed E-state index contributed by atoms with van der Waals surface area (Å²) < 4.78 is 0. The number of nitrogens with two attached hydrogens (primary N) is 1. The summed E-state index contributed by atoms with van der Waals surface area (Å²) in [7, 11) is 2.95. The lowest BCUT2D eigenvalue weighted by molar-refractivity contribution is 0.389. The molecule has 2 heterocycles. The highest BCUT2D eigenvalue weighted by molar-refractivity contribution is 8.76. The van der Waals surface area contributed by atoms with Gasteiger partial charge >= 0.3 is 0 Å². The molecule has 6 N–H and O–H groups in total. The largest absolute Gasteiger partial charge is 0.399 e. The predicted octanol–water partition coefficient (Wildman–Crippen LogP) is 3.62. The van der Waals surface area contributed by atoms with Gasteiger partial charge in [0.15, 0.2) is 10.3 Å². The van der Waals surface area contributed by atoms with Gasteiger partial charge in [-0.1, -0.05) is 0 Å². The van der Waals surface area contributed by atoms with Crippen LogP contribution in [0.2, 0.25) is 0 Å². The Hall–Kier alpha value is -2.36. The number of benzene rings is 2. The van der Waals surface area contributed by atoms with Crippen molar-refractivity contribution in [3.8, 4) is 0 Å². The molecule has 7 nitrogen and oxygen atoms in total. The van der Waals surface area contributed by atoms with Gasteiger partial charge < -0.3 is 15.7 Å². The smallest absolute Gasteiger partial charge is 0.177 e. The zero-order valence-corrected chi connectivity index (χ0v) is 13.3. The molecule has 0 radical (unpaired) electrons. The second kappa shape index (κ2) is 5.69. The molecular formula is C14H12N6OS2. The Morgan fingerprint density at radius 2 is 1.52 bits per heavy atom. The molecule has 4 aromatic rings. The molecule has 0 saturated carbocycles. The van der Waals surface area contributed by atoms with Crippen molar-refractivity contribution in [1.29, 1.82) is 0 Å². The summed E-state index contributed by atoms with van der Waals surface area (Å²) in [6, 6.07) is 11.0. The molecule has 116 valence electrons. The van der Waals surface area contributed by atoms with Crippen molar-refractivity contribution < 1.29 is 5.21 Å². The third kappa shape index (κ3) is 2.81. The number of anilines is 2. The lowest BCUT2D eigenvalue weighted by Gasteiger charge is -1.95. The summed E-state index contributed by atoms with van der Waals surface area (Å²) >= 11 is 0. The van der Waals surface area contributed by atoms with Gasteiger partial charge in [-0.15, -0.1) is 0 Å². The number of hydrogen-bond acceptors (Lipinski definition) is 7. The van der Waals surface area contributed by atoms with Crippen LogP contribution in [0.15, 0.2) is 46.7 Å². The molecule has 2 aromatic heterocycles. The Labute approximate surface area is 138 Å². The molecule has 0 aliphatic carbocycles. The van der Waals surface area contributed by atoms with E-state index >= 15 is 0 Å². The topological polar surface area (TPSA) is 116 Å². The number of H-pyrrole nitrogens is 2. The van der Waals surface area contributed by atoms with Crippen LogP contribution in [-0.2, 0) is 0 Å². The third-order valence-electron chi connectivity index (χ3n) is 3.27. The van der Waals surface area contributed by atoms with Crippen LogP contribution in [0.3, 0.4) is 0 Å². The van der Waals surface area contributed by atoms with Crippen molar-refractivity contribution in [2.24, 2.45) is 0 Å². The maximum atomic E-state index is 8.93. The van der Waals surface area contributed by atoms with E-state index in [1.165, 1.54) is 21.6 Å². The molecule has 23 heavy (non-hydrogen) atoms. The Balaban J connectivity index is 1.55. The van der Waals surface area contributed by atoms with Crippen molar-refractivity contribution in [1.82, 2.24) is 19.9 Å². The normalized spacial score (nSPS) is 11.3. The van der Waals surface area contributed by atoms with Crippen LogP contribution in [0.5, 0.6) is 0 Å². The molecule has 9 heteroatoms. The molecule has 2 aromatic carbocycles. The van der Waals surface area contributed by atoms with Crippen molar-refractivity contribution >= 4 is 55.0 Å². The van der Waals surface area contributed by atoms with E-state index in [0.29, 0.717) is 11.4 Å². The molecule has 0 bridgehead atoms. The average molecular weight is 344 g/mol. The first kappa shape index (κ1) is 14.2. The lowest BCUT2D eigenvalue weighted by Crippen LogP contribution is -1.87. The van der Waals surface area contributed by atoms with Crippen molar-refractivity contribution in [3.63, 3.8) is 0 Å². The average Bonchev–Trinajstić information content (AvgIpc) is 3.14. The third-order valence-corrected chi connectivity index (χ3v) is 5.26. The van der Waals surface area contributed by atoms with Crippen LogP contribution in [0, 0.1) is 0 Å². The Kier molecular flexibility index (Phi) is 3.52. The summed E-state index contributed by atoms with van der Waals surface area (Å²) in [5, 5.41) is 10.5. The van der Waals surface area contributed by atoms with E-state index in [4.69, 9.17) is 10.9 Å². The van der Waals surface area contributed by atoms with Gasteiger partial charge in [-0.2, -0.15) is 0 Å². The molecule has 4 rings (SSSR count). The summed E-state index contributed by atoms with van der Waals surface area (Å²) in [4.78, 5) is 15.4. The van der Waals surface area contributed by atoms with Gasteiger partial charge in [-0.05, 0) is 58.0 Å². The predicted molar refractivity (Wildman–Crippen MR) is 93.7 cm³/mol. The number of nitrogen functional groups attached to an aromatic ring is 1. The molecule has 0 aliphatic heterocycles. The van der Waals surface area contributed by atoms with E-state index in [2.05, 4.69) is 25.4 Å². The second-order valence-corrected chi connectivity index (χ2v) is 6.98. The van der Waals surface area contributed by atoms with E-state index in [0.717, 1.165) is 32.4 Å². The van der Waals surface area contributed by atoms with Crippen LogP contribution in [-0.4, -0.2) is 25.1 Å². The second-order valence-electron chi connectivity index (χ2n) is 4.87. The SMILES string of the molecule is Nc1ccc2nc(SSc3nc4ccc(NO)cc4[nH]3)[nH]c2c1. The highest BCUT2D eigenvalue weighted by Crippen LogP contribution is 2.36. The Morgan fingerprint density at radius 3 is 2.17 bits per heavy atom. The molecule has 0 aliphatic rings. The Bertz CT molecular complexity index is 995. The number of aromatic nitrogens is 4. The molecule has 0 amide bonds. The molecule has 0 saturated heterocycles. The molecule has 0 atom stereocenters. The minimum absolute atomic E-state index is 0.611. The van der Waals surface area contributed by atoms with Gasteiger partial charge in [0.1, 0.15) is 0 Å². The number of fused-ring (bicyclic) bond motifs is 2. The number of aromatic amines is 2. The van der Waals surface area contributed by atoms with E-state index in [9.17, 15) is 0 Å². The van der Waals surface area contributed by atoms with E-state index < -0.39 is 0 Å². The number of nitrogens with zero attached hydrogens (tertiary/aromatic N) is 2. The zero-order valence-electron chi connectivity index (χ0n) is 11.7. The van der Waals surface area contributed by atoms with E-state index in [1.807, 2.05) is 24.3 Å². The lowest BCUT2D eigenvalue weighted by atomic mass is 10.3. The standard InChI is InChI=1S/C14H12N6OS2/c15-7-1-3-9-11(5-7)18-13(16-9)22-23-14-17-10-4-2-8(20-21)6-12(10)19-14/h1-6,20-21H,15H2,(H,16,18)(H,17,19). The summed E-state index contributed by atoms with van der Waals surface area (Å²) in [5.74, 6) is 0. The molecule has 0 spiro atoms. The van der Waals surface area contributed by atoms with Gasteiger partial charge in [0, 0.05) is 5.69 Å². The minimum atomic E-state index is 0.611. The first-order chi connectivity index (χ1) is 11.2. The van der Waals surface area contributed by atoms with Crippen LogP contribution >= 0.6 is 21.6 Å². The van der Waals surface area contributed by atoms with Crippen molar-refractivity contribution in [2.45, 2.75) is 10.3 Å². The Morgan fingerprint density at radius 1 is 0.913 bits per heavy atom. The number of imidazole rings is 2. The highest BCUT2D eigenvalue weighted by Gasteiger charge is 2.08. The summed E-state index contributed by atoms with van der Waals surface area (Å²) in [6.45, 7) is 0. The van der Waals surface area contributed by atoms with Crippen molar-refractivity contribution in [2.75, 3.05) is 11.2 Å². The van der Waals surface area contributed by atoms with Crippen LogP contribution in [0.4, 0.5) is 11.4 Å². The van der Waals surface area contributed by atoms with Gasteiger partial charge in [-0.25, -0.2) is 9.97 Å². The first-order valence-electron chi connectivity index (χ1n) is 6.71. The summed E-state index contributed by atoms with van der Waals surface area (Å²) in [5.41, 5.74) is 12.7. The van der Waals surface area contributed by atoms with Gasteiger partial charge in [0.2, 0.25) is 0 Å². The number of hydrogen-bond donors (Lipinski definition) is 5. The fourth-order valence-corrected chi connectivity index (χ4v) is 3.90. The van der Waals surface area contributed by atoms with E-state index in [1.54, 1.807) is 12.1 Å². The number of rotatable bonds is 4. The van der Waals surface area contributed by atoms with Crippen molar-refractivity contribution in [3.05, 3.63) is 36.4 Å². The fourth-order valence-electron chi connectivity index (χ4n) is 2.22. The zero-order chi connectivity index (χ0) is 15.8. The quantitative estimate of drug-likeness (QED) is 0.218. The van der Waals surface area contributed by atoms with E-state index in [-0.39, 0.29) is 0 Å². The van der Waals surface area contributed by atoms with Gasteiger partial charge in [0.05, 0.1) is 27.8 Å². The number of nitrogens with one attached hydrogen (secondary N) is 3. The molecule has 0 fully saturated rings.